The molecule has 124 valence electrons. The van der Waals surface area contributed by atoms with Crippen molar-refractivity contribution in [2.45, 2.75) is 40.0 Å². The SMILES string of the molecule is Cc1cccc(C)c1Nc1nc(Cl)nc2sc3c(c12)CCC(C)C3. The summed E-state index contributed by atoms with van der Waals surface area (Å²) < 4.78 is 0. The van der Waals surface area contributed by atoms with Gasteiger partial charge in [0, 0.05) is 10.6 Å². The third-order valence-electron chi connectivity index (χ3n) is 4.85. The predicted octanol–water partition coefficient (Wildman–Crippen LogP) is 5.83. The highest BCUT2D eigenvalue weighted by Crippen LogP contribution is 2.41. The van der Waals surface area contributed by atoms with Crippen molar-refractivity contribution in [1.82, 2.24) is 9.97 Å². The lowest BCUT2D eigenvalue weighted by atomic mass is 9.89. The van der Waals surface area contributed by atoms with Crippen molar-refractivity contribution in [3.05, 3.63) is 45.1 Å². The summed E-state index contributed by atoms with van der Waals surface area (Å²) in [4.78, 5) is 11.5. The van der Waals surface area contributed by atoms with Gasteiger partial charge in [0.05, 0.1) is 5.39 Å². The van der Waals surface area contributed by atoms with Crippen LogP contribution in [-0.4, -0.2) is 9.97 Å². The molecule has 1 unspecified atom stereocenters. The van der Waals surface area contributed by atoms with Crippen LogP contribution in [0, 0.1) is 19.8 Å². The van der Waals surface area contributed by atoms with Gasteiger partial charge in [0.15, 0.2) is 0 Å². The Morgan fingerprint density at radius 1 is 1.21 bits per heavy atom. The molecule has 0 amide bonds. The second kappa shape index (κ2) is 6.01. The Bertz CT molecular complexity index is 912. The quantitative estimate of drug-likeness (QED) is 0.586. The molecule has 24 heavy (non-hydrogen) atoms. The fourth-order valence-corrected chi connectivity index (χ4v) is 5.14. The van der Waals surface area contributed by atoms with Crippen LogP contribution in [0.4, 0.5) is 11.5 Å². The molecule has 0 aliphatic heterocycles. The first kappa shape index (κ1) is 15.9. The summed E-state index contributed by atoms with van der Waals surface area (Å²) in [7, 11) is 0. The first-order valence-corrected chi connectivity index (χ1v) is 9.53. The number of nitrogens with zero attached hydrogens (tertiary/aromatic N) is 2. The average Bonchev–Trinajstić information content (AvgIpc) is 2.87. The average molecular weight is 358 g/mol. The Balaban J connectivity index is 1.89. The van der Waals surface area contributed by atoms with Gasteiger partial charge in [-0.05, 0) is 67.3 Å². The Morgan fingerprint density at radius 2 is 1.96 bits per heavy atom. The van der Waals surface area contributed by atoms with Crippen molar-refractivity contribution in [2.75, 3.05) is 5.32 Å². The van der Waals surface area contributed by atoms with Gasteiger partial charge >= 0.3 is 0 Å². The summed E-state index contributed by atoms with van der Waals surface area (Å²) in [5, 5.41) is 5.01. The maximum absolute atomic E-state index is 6.21. The Kier molecular flexibility index (Phi) is 3.97. The van der Waals surface area contributed by atoms with E-state index in [9.17, 15) is 0 Å². The zero-order chi connectivity index (χ0) is 16.8. The van der Waals surface area contributed by atoms with Crippen molar-refractivity contribution < 1.29 is 0 Å². The molecule has 2 aromatic heterocycles. The molecule has 0 saturated carbocycles. The number of para-hydroxylation sites is 1. The van der Waals surface area contributed by atoms with Crippen LogP contribution in [0.1, 0.15) is 34.9 Å². The van der Waals surface area contributed by atoms with Gasteiger partial charge in [0.25, 0.3) is 0 Å². The lowest BCUT2D eigenvalue weighted by Gasteiger charge is -2.19. The molecule has 3 nitrogen and oxygen atoms in total. The number of hydrogen-bond acceptors (Lipinski definition) is 4. The fraction of sp³-hybridized carbons (Fsp3) is 0.368. The molecule has 0 bridgehead atoms. The summed E-state index contributed by atoms with van der Waals surface area (Å²) in [6.45, 7) is 6.54. The number of aromatic nitrogens is 2. The molecule has 1 aromatic carbocycles. The molecule has 0 radical (unpaired) electrons. The lowest BCUT2D eigenvalue weighted by molar-refractivity contribution is 0.509. The first-order chi connectivity index (χ1) is 11.5. The van der Waals surface area contributed by atoms with Crippen LogP contribution in [0.2, 0.25) is 5.28 Å². The number of anilines is 2. The fourth-order valence-electron chi connectivity index (χ4n) is 3.54. The normalized spacial score (nSPS) is 17.1. The highest BCUT2D eigenvalue weighted by atomic mass is 35.5. The van der Waals surface area contributed by atoms with E-state index in [0.717, 1.165) is 40.5 Å². The van der Waals surface area contributed by atoms with E-state index in [4.69, 9.17) is 11.6 Å². The molecule has 3 aromatic rings. The number of aryl methyl sites for hydroxylation is 3. The van der Waals surface area contributed by atoms with Crippen LogP contribution in [-0.2, 0) is 12.8 Å². The smallest absolute Gasteiger partial charge is 0.225 e. The third-order valence-corrected chi connectivity index (χ3v) is 6.17. The van der Waals surface area contributed by atoms with Gasteiger partial charge in [-0.25, -0.2) is 4.98 Å². The van der Waals surface area contributed by atoms with Crippen molar-refractivity contribution in [2.24, 2.45) is 5.92 Å². The van der Waals surface area contributed by atoms with E-state index in [-0.39, 0.29) is 0 Å². The topological polar surface area (TPSA) is 37.8 Å². The van der Waals surface area contributed by atoms with Gasteiger partial charge in [-0.3, -0.25) is 0 Å². The zero-order valence-electron chi connectivity index (χ0n) is 14.1. The molecule has 1 aliphatic rings. The van der Waals surface area contributed by atoms with Gasteiger partial charge in [-0.2, -0.15) is 4.98 Å². The van der Waals surface area contributed by atoms with E-state index in [1.807, 2.05) is 0 Å². The predicted molar refractivity (Wildman–Crippen MR) is 103 cm³/mol. The number of nitrogens with one attached hydrogen (secondary N) is 1. The van der Waals surface area contributed by atoms with Gasteiger partial charge in [0.2, 0.25) is 5.28 Å². The second-order valence-electron chi connectivity index (χ2n) is 6.76. The van der Waals surface area contributed by atoms with Crippen LogP contribution in [0.5, 0.6) is 0 Å². The standard InChI is InChI=1S/C19H20ClN3S/c1-10-7-8-13-14(9-10)24-18-15(13)17(22-19(20)23-18)21-16-11(2)5-4-6-12(16)3/h4-6,10H,7-9H2,1-3H3,(H,21,22,23). The zero-order valence-corrected chi connectivity index (χ0v) is 15.7. The van der Waals surface area contributed by atoms with E-state index in [2.05, 4.69) is 54.3 Å². The first-order valence-electron chi connectivity index (χ1n) is 8.34. The van der Waals surface area contributed by atoms with Gasteiger partial charge in [-0.1, -0.05) is 25.1 Å². The summed E-state index contributed by atoms with van der Waals surface area (Å²) in [6.07, 6.45) is 3.46. The van der Waals surface area contributed by atoms with Crippen LogP contribution < -0.4 is 5.32 Å². The van der Waals surface area contributed by atoms with Crippen LogP contribution >= 0.6 is 22.9 Å². The molecule has 0 fully saturated rings. The van der Waals surface area contributed by atoms with Crippen molar-refractivity contribution in [3.63, 3.8) is 0 Å². The second-order valence-corrected chi connectivity index (χ2v) is 8.19. The van der Waals surface area contributed by atoms with Crippen LogP contribution in [0.3, 0.4) is 0 Å². The third kappa shape index (κ3) is 2.68. The molecule has 5 heteroatoms. The molecule has 4 rings (SSSR count). The number of hydrogen-bond donors (Lipinski definition) is 1. The van der Waals surface area contributed by atoms with Gasteiger partial charge < -0.3 is 5.32 Å². The Morgan fingerprint density at radius 3 is 2.71 bits per heavy atom. The maximum Gasteiger partial charge on any atom is 0.225 e. The van der Waals surface area contributed by atoms with Crippen molar-refractivity contribution in [3.8, 4) is 0 Å². The van der Waals surface area contributed by atoms with Gasteiger partial charge in [-0.15, -0.1) is 11.3 Å². The number of thiophene rings is 1. The van der Waals surface area contributed by atoms with E-state index in [1.165, 1.54) is 28.0 Å². The molecule has 1 atom stereocenters. The molecular formula is C19H20ClN3S. The molecular weight excluding hydrogens is 338 g/mol. The Hall–Kier alpha value is -1.65. The Labute approximate surface area is 151 Å². The molecule has 0 saturated heterocycles. The molecule has 2 heterocycles. The number of halogens is 1. The number of benzene rings is 1. The summed E-state index contributed by atoms with van der Waals surface area (Å²) >= 11 is 7.98. The number of fused-ring (bicyclic) bond motifs is 3. The summed E-state index contributed by atoms with van der Waals surface area (Å²) in [6, 6.07) is 6.30. The van der Waals surface area contributed by atoms with Crippen LogP contribution in [0.15, 0.2) is 18.2 Å². The number of rotatable bonds is 2. The van der Waals surface area contributed by atoms with E-state index >= 15 is 0 Å². The maximum atomic E-state index is 6.21. The minimum absolute atomic E-state index is 0.308. The highest BCUT2D eigenvalue weighted by molar-refractivity contribution is 7.19. The minimum Gasteiger partial charge on any atom is -0.339 e. The largest absolute Gasteiger partial charge is 0.339 e. The van der Waals surface area contributed by atoms with E-state index in [0.29, 0.717) is 5.28 Å². The van der Waals surface area contributed by atoms with E-state index in [1.54, 1.807) is 11.3 Å². The van der Waals surface area contributed by atoms with Crippen molar-refractivity contribution >= 4 is 44.7 Å². The van der Waals surface area contributed by atoms with E-state index < -0.39 is 0 Å². The van der Waals surface area contributed by atoms with Crippen molar-refractivity contribution in [1.29, 1.82) is 0 Å². The minimum atomic E-state index is 0.308. The summed E-state index contributed by atoms with van der Waals surface area (Å²) in [5.74, 6) is 1.58. The monoisotopic (exact) mass is 357 g/mol. The van der Waals surface area contributed by atoms with Crippen LogP contribution in [0.25, 0.3) is 10.2 Å². The highest BCUT2D eigenvalue weighted by Gasteiger charge is 2.24. The molecule has 1 N–H and O–H groups in total. The molecule has 1 aliphatic carbocycles. The van der Waals surface area contributed by atoms with Gasteiger partial charge in [0.1, 0.15) is 10.6 Å². The summed E-state index contributed by atoms with van der Waals surface area (Å²) in [5.41, 5.74) is 4.93. The lowest BCUT2D eigenvalue weighted by Crippen LogP contribution is -2.09. The molecule has 0 spiro atoms.